The molecular weight excluding hydrogens is 518 g/mol. The molecule has 0 saturated carbocycles. The van der Waals surface area contributed by atoms with Crippen LogP contribution in [0.3, 0.4) is 0 Å². The Morgan fingerprint density at radius 2 is 1.71 bits per heavy atom. The number of aliphatic hydroxyl groups excluding tert-OH is 1. The zero-order chi connectivity index (χ0) is 26.5. The van der Waals surface area contributed by atoms with E-state index in [1.165, 1.54) is 22.9 Å². The second-order valence-corrected chi connectivity index (χ2v) is 13.0. The Bertz CT molecular complexity index is 1310. The van der Waals surface area contributed by atoms with Crippen molar-refractivity contribution in [1.29, 1.82) is 0 Å². The van der Waals surface area contributed by atoms with Crippen LogP contribution in [0.15, 0.2) is 52.6 Å². The van der Waals surface area contributed by atoms with E-state index in [0.717, 1.165) is 68.4 Å². The molecule has 2 saturated heterocycles. The van der Waals surface area contributed by atoms with Crippen molar-refractivity contribution in [2.75, 3.05) is 36.0 Å². The molecule has 7 nitrogen and oxygen atoms in total. The first-order valence-corrected chi connectivity index (χ1v) is 14.5. The number of piperidine rings is 1. The van der Waals surface area contributed by atoms with E-state index in [4.69, 9.17) is 21.6 Å². The van der Waals surface area contributed by atoms with Crippen LogP contribution in [-0.4, -0.2) is 56.9 Å². The molecule has 9 heteroatoms. The van der Waals surface area contributed by atoms with Gasteiger partial charge in [-0.15, -0.1) is 0 Å². The van der Waals surface area contributed by atoms with E-state index in [1.54, 1.807) is 12.4 Å². The molecule has 2 fully saturated rings. The van der Waals surface area contributed by atoms with Gasteiger partial charge in [-0.2, -0.15) is 0 Å². The van der Waals surface area contributed by atoms with E-state index in [0.29, 0.717) is 21.2 Å². The summed E-state index contributed by atoms with van der Waals surface area (Å²) in [6, 6.07) is 10.7. The Hall–Kier alpha value is -2.39. The summed E-state index contributed by atoms with van der Waals surface area (Å²) in [6.45, 7) is 6.80. The monoisotopic (exact) mass is 551 g/mol. The highest BCUT2D eigenvalue weighted by Gasteiger charge is 2.41. The summed E-state index contributed by atoms with van der Waals surface area (Å²) in [7, 11) is 0. The molecule has 3 aromatic rings. The molecular formula is C29H34ClN5O2S. The van der Waals surface area contributed by atoms with E-state index in [-0.39, 0.29) is 12.5 Å². The lowest BCUT2D eigenvalue weighted by Gasteiger charge is -2.46. The number of anilines is 2. The molecule has 1 aromatic carbocycles. The van der Waals surface area contributed by atoms with Crippen LogP contribution in [0.4, 0.5) is 11.6 Å². The molecule has 0 amide bonds. The predicted molar refractivity (Wildman–Crippen MR) is 151 cm³/mol. The zero-order valence-corrected chi connectivity index (χ0v) is 23.5. The lowest BCUT2D eigenvalue weighted by atomic mass is 9.76. The summed E-state index contributed by atoms with van der Waals surface area (Å²) in [4.78, 5) is 19.2. The van der Waals surface area contributed by atoms with Gasteiger partial charge in [-0.05, 0) is 62.1 Å². The predicted octanol–water partition coefficient (Wildman–Crippen LogP) is 4.76. The van der Waals surface area contributed by atoms with Gasteiger partial charge in [0.1, 0.15) is 16.5 Å². The number of aromatic nitrogens is 3. The fourth-order valence-electron chi connectivity index (χ4n) is 6.07. The lowest BCUT2D eigenvalue weighted by molar-refractivity contribution is 0.00438. The molecule has 3 aliphatic rings. The minimum Gasteiger partial charge on any atom is -0.390 e. The number of hydrogen-bond acceptors (Lipinski definition) is 8. The van der Waals surface area contributed by atoms with Gasteiger partial charge in [-0.1, -0.05) is 47.6 Å². The average Bonchev–Trinajstić information content (AvgIpc) is 3.22. The zero-order valence-electron chi connectivity index (χ0n) is 21.9. The highest BCUT2D eigenvalue weighted by Crippen LogP contribution is 2.45. The molecule has 0 radical (unpaired) electrons. The molecule has 0 bridgehead atoms. The number of pyridine rings is 1. The van der Waals surface area contributed by atoms with Crippen LogP contribution in [0.5, 0.6) is 0 Å². The quantitative estimate of drug-likeness (QED) is 0.453. The second-order valence-electron chi connectivity index (χ2n) is 11.6. The van der Waals surface area contributed by atoms with E-state index in [2.05, 4.69) is 39.0 Å². The van der Waals surface area contributed by atoms with Crippen LogP contribution < -0.4 is 9.80 Å². The molecule has 200 valence electrons. The third-order valence-electron chi connectivity index (χ3n) is 8.55. The first-order valence-electron chi connectivity index (χ1n) is 13.3. The van der Waals surface area contributed by atoms with Gasteiger partial charge < -0.3 is 20.0 Å². The smallest absolute Gasteiger partial charge is 0.152 e. The van der Waals surface area contributed by atoms with Crippen LogP contribution in [0.1, 0.15) is 43.5 Å². The largest absolute Gasteiger partial charge is 0.390 e. The Labute approximate surface area is 233 Å². The van der Waals surface area contributed by atoms with E-state index in [9.17, 15) is 10.2 Å². The summed E-state index contributed by atoms with van der Waals surface area (Å²) in [5.74, 6) is 1.69. The molecule has 1 spiro atoms. The number of fused-ring (bicyclic) bond motifs is 1. The van der Waals surface area contributed by atoms with Gasteiger partial charge in [0, 0.05) is 43.2 Å². The highest BCUT2D eigenvalue weighted by molar-refractivity contribution is 7.99. The lowest BCUT2D eigenvalue weighted by Crippen LogP contribution is -2.56. The van der Waals surface area contributed by atoms with Crippen LogP contribution >= 0.6 is 23.4 Å². The molecule has 6 rings (SSSR count). The molecule has 2 aromatic heterocycles. The normalized spacial score (nSPS) is 19.1. The first-order chi connectivity index (χ1) is 18.2. The summed E-state index contributed by atoms with van der Waals surface area (Å²) >= 11 is 8.18. The third kappa shape index (κ3) is 4.88. The minimum atomic E-state index is -0.718. The van der Waals surface area contributed by atoms with Crippen molar-refractivity contribution in [3.63, 3.8) is 0 Å². The molecule has 0 unspecified atom stereocenters. The van der Waals surface area contributed by atoms with Crippen LogP contribution in [0.2, 0.25) is 5.02 Å². The Morgan fingerprint density at radius 3 is 2.34 bits per heavy atom. The Balaban J connectivity index is 1.13. The standard InChI is InChI=1S/C29H34ClN5O2S/c1-28(2,37)21-16-35(17-21)27-25(30)23(7-10-31-27)38-24-15-32-26(22(18-36)33-24)34-11-8-29(9-12-34)13-19-5-3-4-6-20(19)14-29/h3-7,10,15,21,36-37H,8-9,11-14,16-18H2,1-2H3. The van der Waals surface area contributed by atoms with Crippen LogP contribution in [0.25, 0.3) is 0 Å². The molecule has 38 heavy (non-hydrogen) atoms. The third-order valence-corrected chi connectivity index (χ3v) is 10.0. The molecule has 0 atom stereocenters. The van der Waals surface area contributed by atoms with Crippen molar-refractivity contribution in [2.45, 2.75) is 61.7 Å². The fraction of sp³-hybridized carbons (Fsp3) is 0.483. The fourth-order valence-corrected chi connectivity index (χ4v) is 7.21. The van der Waals surface area contributed by atoms with Crippen molar-refractivity contribution in [1.82, 2.24) is 15.0 Å². The minimum absolute atomic E-state index is 0.161. The van der Waals surface area contributed by atoms with E-state index < -0.39 is 5.60 Å². The van der Waals surface area contributed by atoms with Gasteiger partial charge in [0.15, 0.2) is 5.82 Å². The second kappa shape index (κ2) is 9.97. The summed E-state index contributed by atoms with van der Waals surface area (Å²) in [5.41, 5.74) is 3.23. The number of nitrogens with zero attached hydrogens (tertiary/aromatic N) is 5. The molecule has 4 heterocycles. The molecule has 1 aliphatic carbocycles. The number of aliphatic hydroxyl groups is 2. The number of rotatable bonds is 6. The topological polar surface area (TPSA) is 85.6 Å². The van der Waals surface area contributed by atoms with Crippen molar-refractivity contribution in [3.05, 3.63) is 64.6 Å². The van der Waals surface area contributed by atoms with Crippen molar-refractivity contribution in [3.8, 4) is 0 Å². The SMILES string of the molecule is CC(C)(O)C1CN(c2nccc(Sc3cnc(N4CCC5(CC4)Cc4ccccc4C5)c(CO)n3)c2Cl)C1. The summed E-state index contributed by atoms with van der Waals surface area (Å²) < 4.78 is 0. The Kier molecular flexibility index (Phi) is 6.79. The maximum Gasteiger partial charge on any atom is 0.152 e. The van der Waals surface area contributed by atoms with Crippen molar-refractivity contribution >= 4 is 35.0 Å². The van der Waals surface area contributed by atoms with Gasteiger partial charge in [-0.3, -0.25) is 0 Å². The maximum absolute atomic E-state index is 10.3. The van der Waals surface area contributed by atoms with Gasteiger partial charge >= 0.3 is 0 Å². The summed E-state index contributed by atoms with van der Waals surface area (Å²) in [6.07, 6.45) is 8.08. The highest BCUT2D eigenvalue weighted by atomic mass is 35.5. The first kappa shape index (κ1) is 25.9. The van der Waals surface area contributed by atoms with Gasteiger partial charge in [-0.25, -0.2) is 15.0 Å². The maximum atomic E-state index is 10.3. The van der Waals surface area contributed by atoms with E-state index in [1.807, 2.05) is 19.9 Å². The van der Waals surface area contributed by atoms with Gasteiger partial charge in [0.25, 0.3) is 0 Å². The number of benzene rings is 1. The van der Waals surface area contributed by atoms with Gasteiger partial charge in [0.05, 0.1) is 23.4 Å². The van der Waals surface area contributed by atoms with Crippen molar-refractivity contribution in [2.24, 2.45) is 11.3 Å². The van der Waals surface area contributed by atoms with E-state index >= 15 is 0 Å². The molecule has 2 N–H and O–H groups in total. The van der Waals surface area contributed by atoms with Gasteiger partial charge in [0.2, 0.25) is 0 Å². The van der Waals surface area contributed by atoms with Crippen LogP contribution in [0, 0.1) is 11.3 Å². The number of halogens is 1. The average molecular weight is 552 g/mol. The molecule has 2 aliphatic heterocycles. The Morgan fingerprint density at radius 1 is 1.03 bits per heavy atom. The van der Waals surface area contributed by atoms with Crippen LogP contribution in [-0.2, 0) is 19.4 Å². The number of hydrogen-bond donors (Lipinski definition) is 2. The van der Waals surface area contributed by atoms with Crippen molar-refractivity contribution < 1.29 is 10.2 Å². The summed E-state index contributed by atoms with van der Waals surface area (Å²) in [5, 5.41) is 21.7.